The minimum atomic E-state index is -0.974. The molecule has 0 aliphatic carbocycles. The summed E-state index contributed by atoms with van der Waals surface area (Å²) < 4.78 is 5.36. The van der Waals surface area contributed by atoms with Crippen molar-refractivity contribution in [2.24, 2.45) is 0 Å². The smallest absolute Gasteiger partial charge is 0.407 e. The lowest BCUT2D eigenvalue weighted by molar-refractivity contribution is -0.139. The Morgan fingerprint density at radius 3 is 2.00 bits per heavy atom. The van der Waals surface area contributed by atoms with Gasteiger partial charge in [0.25, 0.3) is 0 Å². The van der Waals surface area contributed by atoms with E-state index in [1.807, 2.05) is 72.8 Å². The van der Waals surface area contributed by atoms with E-state index in [0.29, 0.717) is 25.2 Å². The maximum Gasteiger partial charge on any atom is 0.407 e. The minimum absolute atomic E-state index is 0.157. The van der Waals surface area contributed by atoms with E-state index in [4.69, 9.17) is 4.74 Å². The topological polar surface area (TPSA) is 113 Å². The Labute approximate surface area is 247 Å². The molecule has 2 atom stereocenters. The fourth-order valence-electron chi connectivity index (χ4n) is 4.78. The Hall–Kier alpha value is -4.53. The summed E-state index contributed by atoms with van der Waals surface area (Å²) in [7, 11) is 0. The van der Waals surface area contributed by atoms with E-state index in [0.717, 1.165) is 5.56 Å². The van der Waals surface area contributed by atoms with Crippen LogP contribution in [0.3, 0.4) is 0 Å². The molecule has 4 rings (SSSR count). The fourth-order valence-corrected chi connectivity index (χ4v) is 4.78. The van der Waals surface area contributed by atoms with Crippen molar-refractivity contribution in [3.8, 4) is 0 Å². The maximum atomic E-state index is 12.5. The lowest BCUT2D eigenvalue weighted by Crippen LogP contribution is -2.50. The van der Waals surface area contributed by atoms with Gasteiger partial charge in [0.05, 0.1) is 0 Å². The van der Waals surface area contributed by atoms with E-state index < -0.39 is 18.1 Å². The Morgan fingerprint density at radius 1 is 0.786 bits per heavy atom. The van der Waals surface area contributed by atoms with Gasteiger partial charge >= 0.3 is 12.1 Å². The van der Waals surface area contributed by atoms with Crippen molar-refractivity contribution in [3.05, 3.63) is 138 Å². The molecule has 0 fully saturated rings. The molecular formula is C34H38N4O4. The summed E-state index contributed by atoms with van der Waals surface area (Å²) in [5.74, 6) is -0.806. The number of aliphatic carboxylic acids is 1. The van der Waals surface area contributed by atoms with Crippen LogP contribution in [0.15, 0.2) is 115 Å². The summed E-state index contributed by atoms with van der Waals surface area (Å²) in [6, 6.07) is 34.4. The average molecular weight is 567 g/mol. The molecule has 0 saturated heterocycles. The molecule has 4 N–H and O–H groups in total. The number of pyridine rings is 1. The van der Waals surface area contributed by atoms with E-state index in [-0.39, 0.29) is 31.5 Å². The number of hydrogen-bond donors (Lipinski definition) is 4. The molecule has 4 aromatic rings. The predicted molar refractivity (Wildman–Crippen MR) is 163 cm³/mol. The summed E-state index contributed by atoms with van der Waals surface area (Å²) in [6.45, 7) is 1.69. The zero-order valence-electron chi connectivity index (χ0n) is 23.6. The lowest BCUT2D eigenvalue weighted by Gasteiger charge is -2.25. The van der Waals surface area contributed by atoms with Gasteiger partial charge < -0.3 is 20.5 Å². The highest BCUT2D eigenvalue weighted by Gasteiger charge is 2.23. The first-order chi connectivity index (χ1) is 20.6. The number of alkyl carbamates (subject to hydrolysis) is 1. The van der Waals surface area contributed by atoms with Crippen LogP contribution in [0.5, 0.6) is 0 Å². The highest BCUT2D eigenvalue weighted by Crippen LogP contribution is 2.23. The van der Waals surface area contributed by atoms with Gasteiger partial charge in [-0.05, 0) is 41.8 Å². The zero-order chi connectivity index (χ0) is 29.4. The number of carboxylic acids is 1. The summed E-state index contributed by atoms with van der Waals surface area (Å²) >= 11 is 0. The molecule has 218 valence electrons. The third kappa shape index (κ3) is 10.1. The van der Waals surface area contributed by atoms with Gasteiger partial charge in [-0.1, -0.05) is 97.1 Å². The van der Waals surface area contributed by atoms with Crippen LogP contribution in [0.1, 0.15) is 34.7 Å². The number of rotatable bonds is 16. The van der Waals surface area contributed by atoms with E-state index in [2.05, 4.69) is 45.2 Å². The van der Waals surface area contributed by atoms with Crippen molar-refractivity contribution in [2.75, 3.05) is 19.6 Å². The second kappa shape index (κ2) is 16.7. The number of carbonyl (C=O) groups excluding carboxylic acids is 1. The van der Waals surface area contributed by atoms with Crippen molar-refractivity contribution in [1.82, 2.24) is 20.9 Å². The maximum absolute atomic E-state index is 12.5. The first-order valence-corrected chi connectivity index (χ1v) is 14.2. The van der Waals surface area contributed by atoms with Gasteiger partial charge in [-0.25, -0.2) is 4.79 Å². The van der Waals surface area contributed by atoms with E-state index in [1.54, 1.807) is 18.3 Å². The molecule has 3 aromatic carbocycles. The molecule has 1 heterocycles. The molecule has 0 aliphatic rings. The van der Waals surface area contributed by atoms with Crippen LogP contribution in [0.2, 0.25) is 0 Å². The number of nitrogens with one attached hydrogen (secondary N) is 3. The zero-order valence-corrected chi connectivity index (χ0v) is 23.6. The third-order valence-electron chi connectivity index (χ3n) is 7.00. The SMILES string of the molecule is O=C(NCC(CCNCC(c1ccccc1)c1ccccc1)N[C@@H](Cc1ccccn1)C(=O)O)OCc1ccccc1. The minimum Gasteiger partial charge on any atom is -0.480 e. The summed E-state index contributed by atoms with van der Waals surface area (Å²) in [5.41, 5.74) is 4.00. The van der Waals surface area contributed by atoms with E-state index in [9.17, 15) is 14.7 Å². The number of amides is 1. The number of aromatic nitrogens is 1. The normalized spacial score (nSPS) is 12.4. The highest BCUT2D eigenvalue weighted by molar-refractivity contribution is 5.74. The quantitative estimate of drug-likeness (QED) is 0.145. The van der Waals surface area contributed by atoms with Crippen LogP contribution < -0.4 is 16.0 Å². The fraction of sp³-hybridized carbons (Fsp3) is 0.265. The highest BCUT2D eigenvalue weighted by atomic mass is 16.5. The van der Waals surface area contributed by atoms with Crippen molar-refractivity contribution >= 4 is 12.1 Å². The van der Waals surface area contributed by atoms with E-state index >= 15 is 0 Å². The standard InChI is InChI=1S/C34H38N4O4/c39-33(40)32(22-29-18-10-11-20-36-29)38-30(23-37-34(41)42-25-26-12-4-1-5-13-26)19-21-35-24-31(27-14-6-2-7-15-27)28-16-8-3-9-17-28/h1-18,20,30-32,35,38H,19,21-25H2,(H,37,41)(H,39,40)/t30?,32-/m0/s1. The van der Waals surface area contributed by atoms with Crippen molar-refractivity contribution in [1.29, 1.82) is 0 Å². The molecule has 0 spiro atoms. The molecular weight excluding hydrogens is 528 g/mol. The van der Waals surface area contributed by atoms with Gasteiger partial charge in [0.2, 0.25) is 0 Å². The largest absolute Gasteiger partial charge is 0.480 e. The Kier molecular flexibility index (Phi) is 12.1. The molecule has 0 radical (unpaired) electrons. The molecule has 8 heteroatoms. The van der Waals surface area contributed by atoms with Crippen LogP contribution >= 0.6 is 0 Å². The third-order valence-corrected chi connectivity index (χ3v) is 7.00. The van der Waals surface area contributed by atoms with Gasteiger partial charge in [-0.15, -0.1) is 0 Å². The lowest BCUT2D eigenvalue weighted by atomic mass is 9.91. The van der Waals surface area contributed by atoms with Crippen LogP contribution in [-0.4, -0.2) is 53.9 Å². The Balaban J connectivity index is 1.37. The summed E-state index contributed by atoms with van der Waals surface area (Å²) in [5, 5.41) is 19.5. The molecule has 42 heavy (non-hydrogen) atoms. The monoisotopic (exact) mass is 566 g/mol. The first-order valence-electron chi connectivity index (χ1n) is 14.2. The summed E-state index contributed by atoms with van der Waals surface area (Å²) in [4.78, 5) is 28.9. The molecule has 8 nitrogen and oxygen atoms in total. The molecule has 1 aromatic heterocycles. The van der Waals surface area contributed by atoms with Crippen LogP contribution in [-0.2, 0) is 22.6 Å². The Morgan fingerprint density at radius 2 is 1.40 bits per heavy atom. The second-order valence-corrected chi connectivity index (χ2v) is 10.1. The average Bonchev–Trinajstić information content (AvgIpc) is 3.03. The Bertz CT molecular complexity index is 1300. The second-order valence-electron chi connectivity index (χ2n) is 10.1. The molecule has 0 aliphatic heterocycles. The number of benzene rings is 3. The number of carboxylic acid groups (broad SMARTS) is 1. The van der Waals surface area contributed by atoms with Crippen molar-refractivity contribution in [2.45, 2.75) is 37.5 Å². The van der Waals surface area contributed by atoms with Crippen LogP contribution in [0, 0.1) is 0 Å². The number of carbonyl (C=O) groups is 2. The van der Waals surface area contributed by atoms with E-state index in [1.165, 1.54) is 11.1 Å². The van der Waals surface area contributed by atoms with Crippen molar-refractivity contribution < 1.29 is 19.4 Å². The van der Waals surface area contributed by atoms with Crippen molar-refractivity contribution in [3.63, 3.8) is 0 Å². The van der Waals surface area contributed by atoms with Gasteiger partial charge in [0.1, 0.15) is 12.6 Å². The van der Waals surface area contributed by atoms with Gasteiger partial charge in [-0.2, -0.15) is 0 Å². The van der Waals surface area contributed by atoms with Crippen LogP contribution in [0.25, 0.3) is 0 Å². The van der Waals surface area contributed by atoms with Crippen LogP contribution in [0.4, 0.5) is 4.79 Å². The molecule has 0 saturated carbocycles. The number of hydrogen-bond acceptors (Lipinski definition) is 6. The van der Waals surface area contributed by atoms with Gasteiger partial charge in [-0.3, -0.25) is 15.1 Å². The summed E-state index contributed by atoms with van der Waals surface area (Å²) in [6.07, 6.45) is 1.91. The number of nitrogens with zero attached hydrogens (tertiary/aromatic N) is 1. The molecule has 1 amide bonds. The predicted octanol–water partition coefficient (Wildman–Crippen LogP) is 4.77. The molecule has 1 unspecified atom stereocenters. The van der Waals surface area contributed by atoms with Gasteiger partial charge in [0, 0.05) is 43.4 Å². The van der Waals surface area contributed by atoms with Gasteiger partial charge in [0.15, 0.2) is 0 Å². The first kappa shape index (κ1) is 30.4. The number of ether oxygens (including phenoxy) is 1. The molecule has 0 bridgehead atoms.